The third kappa shape index (κ3) is 6.37. The number of thioether (sulfide) groups is 1. The molecule has 1 N–H and O–H groups in total. The Morgan fingerprint density at radius 3 is 2.85 bits per heavy atom. The molecule has 1 aromatic carbocycles. The van der Waals surface area contributed by atoms with Gasteiger partial charge in [0, 0.05) is 11.4 Å². The minimum absolute atomic E-state index is 0.155. The zero-order chi connectivity index (χ0) is 19.2. The van der Waals surface area contributed by atoms with Gasteiger partial charge in [-0.25, -0.2) is 0 Å². The lowest BCUT2D eigenvalue weighted by Gasteiger charge is -2.24. The van der Waals surface area contributed by atoms with E-state index < -0.39 is 10.1 Å². The fourth-order valence-corrected chi connectivity index (χ4v) is 4.62. The molecule has 0 radical (unpaired) electrons. The van der Waals surface area contributed by atoms with Gasteiger partial charge in [-0.15, -0.1) is 0 Å². The van der Waals surface area contributed by atoms with Crippen LogP contribution in [0, 0.1) is 6.92 Å². The Morgan fingerprint density at radius 1 is 1.38 bits per heavy atom. The van der Waals surface area contributed by atoms with Gasteiger partial charge in [0.05, 0.1) is 29.7 Å². The fourth-order valence-electron chi connectivity index (χ4n) is 2.73. The number of anilines is 1. The molecule has 0 bridgehead atoms. The third-order valence-electron chi connectivity index (χ3n) is 3.99. The van der Waals surface area contributed by atoms with Crippen molar-refractivity contribution in [1.29, 1.82) is 0 Å². The lowest BCUT2D eigenvalue weighted by atomic mass is 10.2. The maximum absolute atomic E-state index is 10.9. The maximum Gasteiger partial charge on any atom is 0.264 e. The van der Waals surface area contributed by atoms with Crippen molar-refractivity contribution >= 4 is 27.6 Å². The molecule has 1 aliphatic heterocycles. The van der Waals surface area contributed by atoms with E-state index in [4.69, 9.17) is 9.29 Å². The van der Waals surface area contributed by atoms with E-state index in [1.165, 1.54) is 16.1 Å². The molecule has 144 valence electrons. The number of ether oxygens (including phenoxy) is 1. The van der Waals surface area contributed by atoms with Crippen molar-refractivity contribution < 1.29 is 17.7 Å². The molecule has 0 saturated carbocycles. The first-order chi connectivity index (χ1) is 12.3. The molecule has 1 unspecified atom stereocenters. The van der Waals surface area contributed by atoms with Crippen LogP contribution < -0.4 is 4.90 Å². The minimum Gasteiger partial charge on any atom is -0.501 e. The van der Waals surface area contributed by atoms with E-state index in [2.05, 4.69) is 42.2 Å². The summed E-state index contributed by atoms with van der Waals surface area (Å²) >= 11 is 1.79. The predicted molar refractivity (Wildman–Crippen MR) is 108 cm³/mol. The predicted octanol–water partition coefficient (Wildman–Crippen LogP) is 4.40. The average Bonchev–Trinajstić information content (AvgIpc) is 2.90. The molecular formula is C19H27NO4S2. The van der Waals surface area contributed by atoms with Crippen molar-refractivity contribution in [3.63, 3.8) is 0 Å². The Balaban J connectivity index is 2.09. The van der Waals surface area contributed by atoms with Crippen LogP contribution in [-0.4, -0.2) is 37.2 Å². The highest BCUT2D eigenvalue weighted by atomic mass is 32.2. The normalized spacial score (nSPS) is 17.8. The zero-order valence-electron chi connectivity index (χ0n) is 15.5. The summed E-state index contributed by atoms with van der Waals surface area (Å²) in [6.45, 7) is 7.42. The second kappa shape index (κ2) is 9.48. The van der Waals surface area contributed by atoms with Gasteiger partial charge in [0.25, 0.3) is 10.1 Å². The van der Waals surface area contributed by atoms with E-state index >= 15 is 0 Å². The first-order valence-corrected chi connectivity index (χ1v) is 11.2. The molecule has 0 fully saturated rings. The van der Waals surface area contributed by atoms with Crippen molar-refractivity contribution in [2.24, 2.45) is 0 Å². The summed E-state index contributed by atoms with van der Waals surface area (Å²) < 4.78 is 36.0. The summed E-state index contributed by atoms with van der Waals surface area (Å²) in [4.78, 5) is 3.52. The van der Waals surface area contributed by atoms with Gasteiger partial charge in [0.2, 0.25) is 0 Å². The van der Waals surface area contributed by atoms with Gasteiger partial charge in [-0.2, -0.15) is 8.42 Å². The molecule has 1 aliphatic rings. The molecule has 7 heteroatoms. The topological polar surface area (TPSA) is 66.8 Å². The molecule has 0 aliphatic carbocycles. The SMILES string of the molecule is CCOC=C(C)C=CC1Sc2cc(C)ccc2N1CCCCS(=O)(=O)O. The van der Waals surface area contributed by atoms with Crippen LogP contribution in [0.1, 0.15) is 32.3 Å². The number of rotatable bonds is 9. The first-order valence-electron chi connectivity index (χ1n) is 8.76. The van der Waals surface area contributed by atoms with E-state index in [-0.39, 0.29) is 11.1 Å². The van der Waals surface area contributed by atoms with Gasteiger partial charge in [0.1, 0.15) is 0 Å². The van der Waals surface area contributed by atoms with Crippen LogP contribution in [0.2, 0.25) is 0 Å². The number of hydrogen-bond acceptors (Lipinski definition) is 5. The Kier molecular flexibility index (Phi) is 7.61. The smallest absolute Gasteiger partial charge is 0.264 e. The molecule has 1 heterocycles. The van der Waals surface area contributed by atoms with Crippen LogP contribution in [0.5, 0.6) is 0 Å². The van der Waals surface area contributed by atoms with Crippen molar-refractivity contribution in [3.8, 4) is 0 Å². The van der Waals surface area contributed by atoms with Gasteiger partial charge in [-0.1, -0.05) is 30.0 Å². The largest absolute Gasteiger partial charge is 0.501 e. The molecule has 0 saturated heterocycles. The first kappa shape index (κ1) is 20.9. The quantitative estimate of drug-likeness (QED) is 0.288. The molecule has 0 amide bonds. The van der Waals surface area contributed by atoms with Crippen LogP contribution in [0.3, 0.4) is 0 Å². The van der Waals surface area contributed by atoms with Crippen LogP contribution in [0.4, 0.5) is 5.69 Å². The average molecular weight is 398 g/mol. The number of aryl methyl sites for hydroxylation is 1. The third-order valence-corrected chi connectivity index (χ3v) is 6.03. The standard InChI is InChI=1S/C19H27NO4S2/c1-4-24-14-16(3)8-10-19-20(11-5-6-12-26(21,22)23)17-9-7-15(2)13-18(17)25-19/h7-10,13-14,19H,4-6,11-12H2,1-3H3,(H,21,22,23). The molecule has 1 aromatic rings. The van der Waals surface area contributed by atoms with Crippen molar-refractivity contribution in [2.75, 3.05) is 23.8 Å². The molecule has 26 heavy (non-hydrogen) atoms. The lowest BCUT2D eigenvalue weighted by Crippen LogP contribution is -2.29. The lowest BCUT2D eigenvalue weighted by molar-refractivity contribution is 0.267. The van der Waals surface area contributed by atoms with Crippen LogP contribution in [0.25, 0.3) is 0 Å². The summed E-state index contributed by atoms with van der Waals surface area (Å²) in [7, 11) is -3.89. The summed E-state index contributed by atoms with van der Waals surface area (Å²) in [6, 6.07) is 6.40. The maximum atomic E-state index is 10.9. The molecule has 0 spiro atoms. The van der Waals surface area contributed by atoms with E-state index in [0.717, 1.165) is 12.1 Å². The number of fused-ring (bicyclic) bond motifs is 1. The highest BCUT2D eigenvalue weighted by molar-refractivity contribution is 8.00. The van der Waals surface area contributed by atoms with E-state index in [9.17, 15) is 8.42 Å². The van der Waals surface area contributed by atoms with Crippen LogP contribution >= 0.6 is 11.8 Å². The van der Waals surface area contributed by atoms with E-state index in [0.29, 0.717) is 19.4 Å². The Morgan fingerprint density at radius 2 is 2.15 bits per heavy atom. The highest BCUT2D eigenvalue weighted by Gasteiger charge is 2.27. The minimum atomic E-state index is -3.89. The number of nitrogens with zero attached hydrogens (tertiary/aromatic N) is 1. The monoisotopic (exact) mass is 397 g/mol. The van der Waals surface area contributed by atoms with Crippen molar-refractivity contribution in [2.45, 2.75) is 43.9 Å². The van der Waals surface area contributed by atoms with E-state index in [1.54, 1.807) is 18.0 Å². The van der Waals surface area contributed by atoms with Gasteiger partial charge >= 0.3 is 0 Å². The van der Waals surface area contributed by atoms with Crippen LogP contribution in [0.15, 0.2) is 47.1 Å². The Bertz CT molecular complexity index is 772. The molecule has 5 nitrogen and oxygen atoms in total. The fraction of sp³-hybridized carbons (Fsp3) is 0.474. The Hall–Kier alpha value is -1.44. The van der Waals surface area contributed by atoms with E-state index in [1.807, 2.05) is 13.8 Å². The second-order valence-electron chi connectivity index (χ2n) is 6.34. The molecule has 0 aromatic heterocycles. The number of unbranched alkanes of at least 4 members (excludes halogenated alkanes) is 1. The van der Waals surface area contributed by atoms with Crippen molar-refractivity contribution in [3.05, 3.63) is 47.7 Å². The second-order valence-corrected chi connectivity index (χ2v) is 9.07. The molecule has 2 rings (SSSR count). The highest BCUT2D eigenvalue weighted by Crippen LogP contribution is 2.44. The number of hydrogen-bond donors (Lipinski definition) is 1. The van der Waals surface area contributed by atoms with Gasteiger partial charge in [-0.3, -0.25) is 4.55 Å². The zero-order valence-corrected chi connectivity index (χ0v) is 17.1. The van der Waals surface area contributed by atoms with Crippen LogP contribution in [-0.2, 0) is 14.9 Å². The van der Waals surface area contributed by atoms with Gasteiger partial charge in [-0.05, 0) is 56.9 Å². The molecule has 1 atom stereocenters. The van der Waals surface area contributed by atoms with Crippen molar-refractivity contribution in [1.82, 2.24) is 0 Å². The summed E-state index contributed by atoms with van der Waals surface area (Å²) in [6.07, 6.45) is 7.10. The van der Waals surface area contributed by atoms with Gasteiger partial charge in [0.15, 0.2) is 0 Å². The van der Waals surface area contributed by atoms with Gasteiger partial charge < -0.3 is 9.64 Å². The summed E-state index contributed by atoms with van der Waals surface area (Å²) in [5.41, 5.74) is 3.44. The number of allylic oxidation sites excluding steroid dienone is 2. The summed E-state index contributed by atoms with van der Waals surface area (Å²) in [5.74, 6) is -0.189. The number of benzene rings is 1. The Labute approximate surface area is 160 Å². The molecular weight excluding hydrogens is 370 g/mol. The summed E-state index contributed by atoms with van der Waals surface area (Å²) in [5, 5.41) is 0.155.